The maximum Gasteiger partial charge on any atom is 0.261 e. The van der Waals surface area contributed by atoms with Gasteiger partial charge in [0.05, 0.1) is 4.90 Å². The van der Waals surface area contributed by atoms with Crippen LogP contribution in [0.3, 0.4) is 0 Å². The third-order valence-corrected chi connectivity index (χ3v) is 7.04. The summed E-state index contributed by atoms with van der Waals surface area (Å²) in [5, 5.41) is 0. The molecular weight excluding hydrogens is 354 g/mol. The molecule has 25 heavy (non-hydrogen) atoms. The van der Waals surface area contributed by atoms with Crippen LogP contribution in [0.15, 0.2) is 58.3 Å². The maximum atomic E-state index is 12.5. The highest BCUT2D eigenvalue weighted by molar-refractivity contribution is 7.92. The molecule has 0 aromatic heterocycles. The highest BCUT2D eigenvalue weighted by Crippen LogP contribution is 2.33. The van der Waals surface area contributed by atoms with Crippen LogP contribution in [0.2, 0.25) is 0 Å². The zero-order chi connectivity index (χ0) is 17.9. The second-order valence-electron chi connectivity index (χ2n) is 6.49. The van der Waals surface area contributed by atoms with E-state index in [0.717, 1.165) is 0 Å². The molecule has 1 fully saturated rings. The van der Waals surface area contributed by atoms with E-state index in [2.05, 4.69) is 4.72 Å². The lowest BCUT2D eigenvalue weighted by atomic mass is 9.84. The highest BCUT2D eigenvalue weighted by atomic mass is 32.2. The van der Waals surface area contributed by atoms with Crippen molar-refractivity contribution < 1.29 is 12.6 Å². The first kappa shape index (κ1) is 18.1. The lowest BCUT2D eigenvalue weighted by molar-refractivity contribution is 0.443. The van der Waals surface area contributed by atoms with Gasteiger partial charge < -0.3 is 0 Å². The monoisotopic (exact) mass is 377 g/mol. The van der Waals surface area contributed by atoms with Crippen molar-refractivity contribution in [2.75, 3.05) is 11.0 Å². The molecule has 134 valence electrons. The standard InChI is InChI=1S/C19H23NO3S2/c1-24(21)18-11-9-17(10-12-18)20-25(22,23)19-13-7-16(8-14-19)15-5-3-2-4-6-15/h7-15,20H,2-6H2,1H3. The number of hydrogen-bond donors (Lipinski definition) is 1. The van der Waals surface area contributed by atoms with Gasteiger partial charge in [0.2, 0.25) is 0 Å². The SMILES string of the molecule is CS(=O)c1ccc(NS(=O)(=O)c2ccc(C3CCCCC3)cc2)cc1. The van der Waals surface area contributed by atoms with E-state index in [9.17, 15) is 12.6 Å². The minimum absolute atomic E-state index is 0.259. The fraction of sp³-hybridized carbons (Fsp3) is 0.368. The van der Waals surface area contributed by atoms with Crippen LogP contribution in [0, 0.1) is 0 Å². The van der Waals surface area contributed by atoms with Gasteiger partial charge in [0.1, 0.15) is 0 Å². The smallest absolute Gasteiger partial charge is 0.261 e. The molecule has 0 saturated heterocycles. The molecule has 1 saturated carbocycles. The van der Waals surface area contributed by atoms with E-state index in [1.807, 2.05) is 12.1 Å². The third kappa shape index (κ3) is 4.50. The maximum absolute atomic E-state index is 12.5. The number of sulfonamides is 1. The second-order valence-corrected chi connectivity index (χ2v) is 9.55. The Hall–Kier alpha value is -1.66. The summed E-state index contributed by atoms with van der Waals surface area (Å²) >= 11 is 0. The minimum atomic E-state index is -3.62. The molecule has 0 bridgehead atoms. The van der Waals surface area contributed by atoms with Crippen molar-refractivity contribution in [3.05, 3.63) is 54.1 Å². The molecule has 2 aromatic rings. The summed E-state index contributed by atoms with van der Waals surface area (Å²) in [5.74, 6) is 0.556. The summed E-state index contributed by atoms with van der Waals surface area (Å²) in [4.78, 5) is 0.926. The molecule has 1 aliphatic rings. The van der Waals surface area contributed by atoms with Gasteiger partial charge in [0, 0.05) is 27.6 Å². The summed E-state index contributed by atoms with van der Waals surface area (Å²) in [7, 11) is -4.70. The molecule has 0 amide bonds. The van der Waals surface area contributed by atoms with E-state index in [0.29, 0.717) is 16.5 Å². The van der Waals surface area contributed by atoms with Crippen molar-refractivity contribution in [1.29, 1.82) is 0 Å². The summed E-state index contributed by atoms with van der Waals surface area (Å²) in [6.45, 7) is 0. The molecule has 2 aromatic carbocycles. The van der Waals surface area contributed by atoms with E-state index in [-0.39, 0.29) is 4.90 Å². The largest absolute Gasteiger partial charge is 0.280 e. The third-order valence-electron chi connectivity index (χ3n) is 4.71. The average Bonchev–Trinajstić information content (AvgIpc) is 2.63. The number of nitrogens with one attached hydrogen (secondary N) is 1. The van der Waals surface area contributed by atoms with Gasteiger partial charge in [-0.2, -0.15) is 0 Å². The molecule has 1 aliphatic carbocycles. The zero-order valence-electron chi connectivity index (χ0n) is 14.3. The van der Waals surface area contributed by atoms with E-state index >= 15 is 0 Å². The molecule has 1 N–H and O–H groups in total. The van der Waals surface area contributed by atoms with Gasteiger partial charge in [-0.3, -0.25) is 8.93 Å². The van der Waals surface area contributed by atoms with Gasteiger partial charge in [-0.05, 0) is 60.7 Å². The Labute approximate surface area is 152 Å². The van der Waals surface area contributed by atoms with Crippen LogP contribution in [0.25, 0.3) is 0 Å². The van der Waals surface area contributed by atoms with Crippen LogP contribution in [0.5, 0.6) is 0 Å². The van der Waals surface area contributed by atoms with Crippen LogP contribution in [0.4, 0.5) is 5.69 Å². The lowest BCUT2D eigenvalue weighted by Gasteiger charge is -2.22. The Morgan fingerprint density at radius 3 is 2.08 bits per heavy atom. The number of rotatable bonds is 5. The van der Waals surface area contributed by atoms with E-state index in [1.165, 1.54) is 37.7 Å². The van der Waals surface area contributed by atoms with E-state index < -0.39 is 20.8 Å². The van der Waals surface area contributed by atoms with Gasteiger partial charge in [-0.1, -0.05) is 31.4 Å². The van der Waals surface area contributed by atoms with Gasteiger partial charge in [-0.25, -0.2) is 8.42 Å². The van der Waals surface area contributed by atoms with Crippen molar-refractivity contribution in [2.24, 2.45) is 0 Å². The fourth-order valence-electron chi connectivity index (χ4n) is 3.28. The summed E-state index contributed by atoms with van der Waals surface area (Å²) in [6.07, 6.45) is 7.78. The summed E-state index contributed by atoms with van der Waals surface area (Å²) in [6, 6.07) is 13.8. The average molecular weight is 378 g/mol. The van der Waals surface area contributed by atoms with Crippen LogP contribution in [-0.2, 0) is 20.8 Å². The topological polar surface area (TPSA) is 63.2 Å². The Kier molecular flexibility index (Phi) is 5.59. The Balaban J connectivity index is 1.74. The lowest BCUT2D eigenvalue weighted by Crippen LogP contribution is -2.13. The normalized spacial score (nSPS) is 17.2. The van der Waals surface area contributed by atoms with Crippen molar-refractivity contribution >= 4 is 26.5 Å². The molecule has 0 aliphatic heterocycles. The number of anilines is 1. The summed E-state index contributed by atoms with van der Waals surface area (Å²) in [5.41, 5.74) is 1.69. The Morgan fingerprint density at radius 1 is 0.920 bits per heavy atom. The quantitative estimate of drug-likeness (QED) is 0.846. The predicted molar refractivity (Wildman–Crippen MR) is 102 cm³/mol. The number of hydrogen-bond acceptors (Lipinski definition) is 3. The molecule has 1 unspecified atom stereocenters. The molecule has 3 rings (SSSR count). The van der Waals surface area contributed by atoms with Crippen LogP contribution in [-0.4, -0.2) is 18.9 Å². The fourth-order valence-corrected chi connectivity index (χ4v) is 4.86. The van der Waals surface area contributed by atoms with Crippen LogP contribution in [0.1, 0.15) is 43.6 Å². The van der Waals surface area contributed by atoms with E-state index in [1.54, 1.807) is 42.7 Å². The highest BCUT2D eigenvalue weighted by Gasteiger charge is 2.18. The van der Waals surface area contributed by atoms with Crippen LogP contribution >= 0.6 is 0 Å². The number of benzene rings is 2. The van der Waals surface area contributed by atoms with Crippen molar-refractivity contribution in [1.82, 2.24) is 0 Å². The van der Waals surface area contributed by atoms with Gasteiger partial charge in [-0.15, -0.1) is 0 Å². The molecule has 4 nitrogen and oxygen atoms in total. The Bertz CT molecular complexity index is 837. The molecule has 6 heteroatoms. The predicted octanol–water partition coefficient (Wildman–Crippen LogP) is 4.27. The Morgan fingerprint density at radius 2 is 1.52 bits per heavy atom. The minimum Gasteiger partial charge on any atom is -0.280 e. The van der Waals surface area contributed by atoms with E-state index in [4.69, 9.17) is 0 Å². The van der Waals surface area contributed by atoms with Gasteiger partial charge >= 0.3 is 0 Å². The molecule has 0 spiro atoms. The summed E-state index contributed by atoms with van der Waals surface area (Å²) < 4.78 is 39.0. The first-order chi connectivity index (χ1) is 12.0. The van der Waals surface area contributed by atoms with Gasteiger partial charge in [0.15, 0.2) is 0 Å². The van der Waals surface area contributed by atoms with Crippen LogP contribution < -0.4 is 4.72 Å². The first-order valence-electron chi connectivity index (χ1n) is 8.52. The zero-order valence-corrected chi connectivity index (χ0v) is 15.9. The molecule has 1 atom stereocenters. The molecular formula is C19H23NO3S2. The molecule has 0 heterocycles. The van der Waals surface area contributed by atoms with Crippen molar-refractivity contribution in [3.63, 3.8) is 0 Å². The van der Waals surface area contributed by atoms with Crippen molar-refractivity contribution in [2.45, 2.75) is 47.8 Å². The molecule has 0 radical (unpaired) electrons. The van der Waals surface area contributed by atoms with Gasteiger partial charge in [0.25, 0.3) is 10.0 Å². The first-order valence-corrected chi connectivity index (χ1v) is 11.6. The second kappa shape index (κ2) is 7.70. The van der Waals surface area contributed by atoms with Crippen molar-refractivity contribution in [3.8, 4) is 0 Å².